The number of carbonyl (C=O) groups is 3. The maximum Gasteiger partial charge on any atom is 0.305 e. The molecule has 0 saturated heterocycles. The van der Waals surface area contributed by atoms with E-state index in [9.17, 15) is 24.3 Å². The van der Waals surface area contributed by atoms with E-state index in [1.807, 2.05) is 25.7 Å². The SMILES string of the molecule is CCCCCCN(C)CC(=O)[C@H](CC(=O)O)NC(=O)C(CC)n1cc(C(C)(C)C)nc(NCc2nonc2C)c1=O. The molecule has 1 unspecified atom stereocenters. The number of likely N-dealkylation sites (N-methyl/N-ethyl adjacent to an activating group) is 1. The molecule has 2 heterocycles. The molecule has 0 fully saturated rings. The number of ketones is 1. The number of unbranched alkanes of at least 4 members (excludes halogenated alkanes) is 3. The summed E-state index contributed by atoms with van der Waals surface area (Å²) in [6.07, 6.45) is 5.39. The Kier molecular flexibility index (Phi) is 12.6. The van der Waals surface area contributed by atoms with Gasteiger partial charge < -0.3 is 15.7 Å². The van der Waals surface area contributed by atoms with Crippen LogP contribution in [0.2, 0.25) is 0 Å². The van der Waals surface area contributed by atoms with Crippen LogP contribution in [0.15, 0.2) is 15.6 Å². The molecule has 13 nitrogen and oxygen atoms in total. The van der Waals surface area contributed by atoms with E-state index in [-0.39, 0.29) is 25.3 Å². The van der Waals surface area contributed by atoms with Crippen LogP contribution < -0.4 is 16.2 Å². The van der Waals surface area contributed by atoms with Gasteiger partial charge in [-0.3, -0.25) is 28.6 Å². The van der Waals surface area contributed by atoms with E-state index in [1.165, 1.54) is 4.57 Å². The number of Topliss-reactive ketones (excluding diaryl/α,β-unsaturated/α-hetero) is 1. The molecule has 2 aromatic rings. The fourth-order valence-electron chi connectivity index (χ4n) is 4.26. The van der Waals surface area contributed by atoms with Crippen LogP contribution in [0.5, 0.6) is 0 Å². The first-order valence-electron chi connectivity index (χ1n) is 14.2. The lowest BCUT2D eigenvalue weighted by atomic mass is 9.92. The highest BCUT2D eigenvalue weighted by Crippen LogP contribution is 2.22. The van der Waals surface area contributed by atoms with Crippen molar-refractivity contribution in [3.05, 3.63) is 33.6 Å². The second-order valence-corrected chi connectivity index (χ2v) is 11.4. The Balaban J connectivity index is 2.31. The molecular formula is C28H45N7O6. The average Bonchev–Trinajstić information content (AvgIpc) is 3.30. The number of aliphatic carboxylic acids is 1. The van der Waals surface area contributed by atoms with E-state index in [4.69, 9.17) is 4.63 Å². The summed E-state index contributed by atoms with van der Waals surface area (Å²) in [6.45, 7) is 12.2. The molecule has 0 bridgehead atoms. The standard InChI is InChI=1S/C28H45N7O6/c1-8-10-11-12-13-34(7)16-22(36)19(14-24(37)38)30-26(39)21(9-2)35-17-23(28(4,5)6)31-25(27(35)40)29-15-20-18(3)32-41-33-20/h17,19,21H,8-16H2,1-7H3,(H,29,31)(H,30,39)(H,37,38)/t19-,21?/m0/s1. The van der Waals surface area contributed by atoms with Gasteiger partial charge in [0.15, 0.2) is 11.6 Å². The van der Waals surface area contributed by atoms with Gasteiger partial charge in [-0.15, -0.1) is 0 Å². The number of hydrogen-bond donors (Lipinski definition) is 3. The molecule has 3 N–H and O–H groups in total. The zero-order valence-electron chi connectivity index (χ0n) is 25.3. The molecule has 2 atom stereocenters. The van der Waals surface area contributed by atoms with Gasteiger partial charge in [-0.25, -0.2) is 9.61 Å². The second-order valence-electron chi connectivity index (χ2n) is 11.4. The minimum Gasteiger partial charge on any atom is -0.481 e. The molecule has 0 aromatic carbocycles. The van der Waals surface area contributed by atoms with Crippen LogP contribution in [-0.2, 0) is 26.3 Å². The topological polar surface area (TPSA) is 173 Å². The monoisotopic (exact) mass is 575 g/mol. The Hall–Kier alpha value is -3.61. The Labute approximate surface area is 241 Å². The van der Waals surface area contributed by atoms with Crippen molar-refractivity contribution in [2.24, 2.45) is 0 Å². The van der Waals surface area contributed by atoms with Gasteiger partial charge in [-0.2, -0.15) is 0 Å². The summed E-state index contributed by atoms with van der Waals surface area (Å²) in [5, 5.41) is 22.6. The number of aromatic nitrogens is 4. The lowest BCUT2D eigenvalue weighted by molar-refractivity contribution is -0.140. The quantitative estimate of drug-likeness (QED) is 0.237. The van der Waals surface area contributed by atoms with Crippen molar-refractivity contribution in [3.8, 4) is 0 Å². The summed E-state index contributed by atoms with van der Waals surface area (Å²) in [4.78, 5) is 58.0. The number of amides is 1. The number of nitrogens with zero attached hydrogens (tertiary/aromatic N) is 5. The molecule has 0 saturated carbocycles. The van der Waals surface area contributed by atoms with Crippen molar-refractivity contribution < 1.29 is 24.1 Å². The molecule has 2 aromatic heterocycles. The third-order valence-electron chi connectivity index (χ3n) is 6.80. The molecule has 41 heavy (non-hydrogen) atoms. The van der Waals surface area contributed by atoms with Gasteiger partial charge in [-0.1, -0.05) is 64.2 Å². The molecule has 228 valence electrons. The van der Waals surface area contributed by atoms with E-state index in [1.54, 1.807) is 27.1 Å². The number of rotatable bonds is 17. The predicted molar refractivity (Wildman–Crippen MR) is 154 cm³/mol. The first-order chi connectivity index (χ1) is 19.3. The van der Waals surface area contributed by atoms with Gasteiger partial charge in [0, 0.05) is 11.6 Å². The summed E-state index contributed by atoms with van der Waals surface area (Å²) in [5.41, 5.74) is 0.631. The third kappa shape index (κ3) is 10.1. The Morgan fingerprint density at radius 2 is 1.85 bits per heavy atom. The van der Waals surface area contributed by atoms with E-state index >= 15 is 0 Å². The van der Waals surface area contributed by atoms with Crippen LogP contribution in [-0.4, -0.2) is 73.7 Å². The van der Waals surface area contributed by atoms with Gasteiger partial charge >= 0.3 is 5.97 Å². The zero-order chi connectivity index (χ0) is 30.7. The molecular weight excluding hydrogens is 530 g/mol. The van der Waals surface area contributed by atoms with Crippen LogP contribution >= 0.6 is 0 Å². The highest BCUT2D eigenvalue weighted by atomic mass is 16.6. The van der Waals surface area contributed by atoms with Gasteiger partial charge in [0.1, 0.15) is 17.4 Å². The van der Waals surface area contributed by atoms with Crippen LogP contribution in [0.25, 0.3) is 0 Å². The minimum atomic E-state index is -1.23. The van der Waals surface area contributed by atoms with Crippen molar-refractivity contribution in [2.45, 2.75) is 104 Å². The summed E-state index contributed by atoms with van der Waals surface area (Å²) < 4.78 is 6.01. The average molecular weight is 576 g/mol. The molecule has 0 aliphatic heterocycles. The molecule has 0 aliphatic rings. The first-order valence-corrected chi connectivity index (χ1v) is 14.2. The van der Waals surface area contributed by atoms with Crippen molar-refractivity contribution in [1.82, 2.24) is 30.1 Å². The number of aryl methyl sites for hydroxylation is 1. The van der Waals surface area contributed by atoms with Crippen LogP contribution in [0.1, 0.15) is 96.3 Å². The summed E-state index contributed by atoms with van der Waals surface area (Å²) in [7, 11) is 1.80. The van der Waals surface area contributed by atoms with Crippen molar-refractivity contribution in [2.75, 3.05) is 25.5 Å². The van der Waals surface area contributed by atoms with Gasteiger partial charge in [0.2, 0.25) is 5.91 Å². The van der Waals surface area contributed by atoms with E-state index in [0.717, 1.165) is 25.7 Å². The lowest BCUT2D eigenvalue weighted by Gasteiger charge is -2.26. The lowest BCUT2D eigenvalue weighted by Crippen LogP contribution is -2.49. The van der Waals surface area contributed by atoms with E-state index < -0.39 is 47.1 Å². The molecule has 13 heteroatoms. The highest BCUT2D eigenvalue weighted by molar-refractivity contribution is 5.93. The van der Waals surface area contributed by atoms with Gasteiger partial charge in [0.05, 0.1) is 31.2 Å². The van der Waals surface area contributed by atoms with Gasteiger partial charge in [-0.05, 0) is 33.4 Å². The Morgan fingerprint density at radius 1 is 1.15 bits per heavy atom. The maximum absolute atomic E-state index is 13.5. The molecule has 0 aliphatic carbocycles. The van der Waals surface area contributed by atoms with Crippen LogP contribution in [0, 0.1) is 6.92 Å². The fraction of sp³-hybridized carbons (Fsp3) is 0.679. The summed E-state index contributed by atoms with van der Waals surface area (Å²) in [6, 6.07) is -2.23. The number of carboxylic acid groups (broad SMARTS) is 1. The van der Waals surface area contributed by atoms with Crippen molar-refractivity contribution in [1.29, 1.82) is 0 Å². The fourth-order valence-corrected chi connectivity index (χ4v) is 4.26. The molecule has 0 radical (unpaired) electrons. The highest BCUT2D eigenvalue weighted by Gasteiger charge is 2.30. The Bertz CT molecular complexity index is 1230. The van der Waals surface area contributed by atoms with Gasteiger partial charge in [0.25, 0.3) is 5.56 Å². The third-order valence-corrected chi connectivity index (χ3v) is 6.80. The number of carboxylic acids is 1. The molecule has 2 rings (SSSR count). The van der Waals surface area contributed by atoms with Crippen molar-refractivity contribution >= 4 is 23.5 Å². The minimum absolute atomic E-state index is 0.00884. The number of nitrogens with one attached hydrogen (secondary N) is 2. The first kappa shape index (κ1) is 33.6. The number of anilines is 1. The predicted octanol–water partition coefficient (Wildman–Crippen LogP) is 2.84. The largest absolute Gasteiger partial charge is 0.481 e. The van der Waals surface area contributed by atoms with Crippen LogP contribution in [0.4, 0.5) is 5.82 Å². The Morgan fingerprint density at radius 3 is 2.41 bits per heavy atom. The van der Waals surface area contributed by atoms with Crippen LogP contribution in [0.3, 0.4) is 0 Å². The van der Waals surface area contributed by atoms with E-state index in [0.29, 0.717) is 23.6 Å². The summed E-state index contributed by atoms with van der Waals surface area (Å²) in [5.74, 6) is -2.20. The summed E-state index contributed by atoms with van der Waals surface area (Å²) >= 11 is 0. The zero-order valence-corrected chi connectivity index (χ0v) is 25.3. The number of carbonyl (C=O) groups excluding carboxylic acids is 2. The maximum atomic E-state index is 13.5. The van der Waals surface area contributed by atoms with E-state index in [2.05, 4.69) is 32.9 Å². The number of hydrogen-bond acceptors (Lipinski definition) is 10. The molecule has 1 amide bonds. The normalized spacial score (nSPS) is 13.2. The van der Waals surface area contributed by atoms with Crippen molar-refractivity contribution in [3.63, 3.8) is 0 Å². The molecule has 0 spiro atoms. The second kappa shape index (κ2) is 15.4. The smallest absolute Gasteiger partial charge is 0.305 e.